The predicted octanol–water partition coefficient (Wildman–Crippen LogP) is 4.04. The molecule has 30 heavy (non-hydrogen) atoms. The van der Waals surface area contributed by atoms with Gasteiger partial charge in [-0.1, -0.05) is 42.5 Å². The van der Waals surface area contributed by atoms with E-state index in [9.17, 15) is 18.5 Å². The summed E-state index contributed by atoms with van der Waals surface area (Å²) in [6, 6.07) is 23.4. The zero-order valence-electron chi connectivity index (χ0n) is 16.4. The van der Waals surface area contributed by atoms with Crippen molar-refractivity contribution in [3.8, 4) is 11.8 Å². The van der Waals surface area contributed by atoms with Crippen LogP contribution in [0.15, 0.2) is 83.8 Å². The molecular formula is C23H20N2O4S. The van der Waals surface area contributed by atoms with Gasteiger partial charge in [0.05, 0.1) is 23.4 Å². The van der Waals surface area contributed by atoms with Crippen LogP contribution in [0.3, 0.4) is 0 Å². The second kappa shape index (κ2) is 9.25. The molecule has 3 rings (SSSR count). The molecule has 0 saturated carbocycles. The van der Waals surface area contributed by atoms with Crippen LogP contribution in [-0.2, 0) is 10.0 Å². The molecule has 0 atom stereocenters. The molecule has 0 N–H and O–H groups in total. The Morgan fingerprint density at radius 3 is 2.30 bits per heavy atom. The van der Waals surface area contributed by atoms with E-state index in [4.69, 9.17) is 4.74 Å². The Morgan fingerprint density at radius 2 is 1.60 bits per heavy atom. The van der Waals surface area contributed by atoms with Crippen molar-refractivity contribution in [2.75, 3.05) is 17.5 Å². The van der Waals surface area contributed by atoms with Gasteiger partial charge in [0.2, 0.25) is 0 Å². The van der Waals surface area contributed by atoms with Gasteiger partial charge in [-0.3, -0.25) is 9.10 Å². The van der Waals surface area contributed by atoms with Crippen LogP contribution in [0.4, 0.5) is 5.69 Å². The van der Waals surface area contributed by atoms with Crippen molar-refractivity contribution in [3.05, 3.63) is 90.0 Å². The van der Waals surface area contributed by atoms with E-state index < -0.39 is 10.0 Å². The van der Waals surface area contributed by atoms with Gasteiger partial charge in [0.15, 0.2) is 5.78 Å². The van der Waals surface area contributed by atoms with Crippen LogP contribution in [0.25, 0.3) is 0 Å². The highest BCUT2D eigenvalue weighted by Crippen LogP contribution is 2.26. The molecule has 0 amide bonds. The molecule has 152 valence electrons. The fourth-order valence-electron chi connectivity index (χ4n) is 3.01. The summed E-state index contributed by atoms with van der Waals surface area (Å²) < 4.78 is 33.7. The van der Waals surface area contributed by atoms with Gasteiger partial charge in [-0.15, -0.1) is 0 Å². The van der Waals surface area contributed by atoms with E-state index in [1.807, 2.05) is 6.07 Å². The highest BCUT2D eigenvalue weighted by molar-refractivity contribution is 7.92. The van der Waals surface area contributed by atoms with Gasteiger partial charge < -0.3 is 4.74 Å². The first-order chi connectivity index (χ1) is 14.4. The van der Waals surface area contributed by atoms with Crippen LogP contribution in [0, 0.1) is 11.3 Å². The van der Waals surface area contributed by atoms with Crippen molar-refractivity contribution in [1.82, 2.24) is 0 Å². The molecule has 0 saturated heterocycles. The van der Waals surface area contributed by atoms with Crippen molar-refractivity contribution in [2.45, 2.75) is 11.8 Å². The summed E-state index contributed by atoms with van der Waals surface area (Å²) in [7, 11) is -4.01. The number of carbonyl (C=O) groups is 1. The standard InChI is InChI=1S/C23H20N2O4S/c1-18(26)21-12-6-7-13-22(21)29-16-15-25(20-10-3-2-4-11-20)30(27,28)23-14-8-5-9-19(23)17-24/h2-14H,15-16H2,1H3. The normalized spacial score (nSPS) is 10.8. The average molecular weight is 420 g/mol. The van der Waals surface area contributed by atoms with E-state index in [2.05, 4.69) is 0 Å². The molecule has 7 heteroatoms. The summed E-state index contributed by atoms with van der Waals surface area (Å²) >= 11 is 0. The lowest BCUT2D eigenvalue weighted by Crippen LogP contribution is -2.35. The first-order valence-corrected chi connectivity index (χ1v) is 10.7. The van der Waals surface area contributed by atoms with E-state index >= 15 is 0 Å². The number of carbonyl (C=O) groups excluding carboxylic acids is 1. The maximum atomic E-state index is 13.4. The topological polar surface area (TPSA) is 87.5 Å². The van der Waals surface area contributed by atoms with Gasteiger partial charge in [-0.2, -0.15) is 5.26 Å². The van der Waals surface area contributed by atoms with Crippen molar-refractivity contribution in [2.24, 2.45) is 0 Å². The van der Waals surface area contributed by atoms with Crippen LogP contribution < -0.4 is 9.04 Å². The monoisotopic (exact) mass is 420 g/mol. The Morgan fingerprint density at radius 1 is 0.967 bits per heavy atom. The van der Waals surface area contributed by atoms with E-state index in [-0.39, 0.29) is 29.4 Å². The largest absolute Gasteiger partial charge is 0.491 e. The third-order valence-electron chi connectivity index (χ3n) is 4.44. The van der Waals surface area contributed by atoms with Crippen LogP contribution in [0.1, 0.15) is 22.8 Å². The number of para-hydroxylation sites is 2. The second-order valence-corrected chi connectivity index (χ2v) is 8.25. The Hall–Kier alpha value is -3.63. The van der Waals surface area contributed by atoms with Gasteiger partial charge in [0.1, 0.15) is 23.3 Å². The number of benzene rings is 3. The van der Waals surface area contributed by atoms with Gasteiger partial charge in [-0.05, 0) is 43.3 Å². The van der Waals surface area contributed by atoms with Crippen molar-refractivity contribution in [3.63, 3.8) is 0 Å². The number of hydrogen-bond donors (Lipinski definition) is 0. The third kappa shape index (κ3) is 4.50. The Labute approximate surface area is 176 Å². The van der Waals surface area contributed by atoms with Gasteiger partial charge in [-0.25, -0.2) is 8.42 Å². The van der Waals surface area contributed by atoms with E-state index in [1.54, 1.807) is 66.7 Å². The summed E-state index contributed by atoms with van der Waals surface area (Å²) in [6.07, 6.45) is 0. The van der Waals surface area contributed by atoms with Crippen LogP contribution in [-0.4, -0.2) is 27.4 Å². The first-order valence-electron chi connectivity index (χ1n) is 9.25. The number of ketones is 1. The molecule has 0 fully saturated rings. The van der Waals surface area contributed by atoms with Gasteiger partial charge >= 0.3 is 0 Å². The van der Waals surface area contributed by atoms with E-state index in [1.165, 1.54) is 23.4 Å². The fourth-order valence-corrected chi connectivity index (χ4v) is 4.60. The second-order valence-electron chi connectivity index (χ2n) is 6.42. The number of Topliss-reactive ketones (excluding diaryl/α,β-unsaturated/α-hetero) is 1. The predicted molar refractivity (Wildman–Crippen MR) is 114 cm³/mol. The van der Waals surface area contributed by atoms with Crippen molar-refractivity contribution < 1.29 is 17.9 Å². The number of ether oxygens (including phenoxy) is 1. The fraction of sp³-hybridized carbons (Fsp3) is 0.130. The highest BCUT2D eigenvalue weighted by atomic mass is 32.2. The summed E-state index contributed by atoms with van der Waals surface area (Å²) in [5.41, 5.74) is 0.955. The molecule has 0 aliphatic carbocycles. The van der Waals surface area contributed by atoms with Gasteiger partial charge in [0, 0.05) is 0 Å². The minimum atomic E-state index is -4.01. The van der Waals surface area contributed by atoms with E-state index in [0.29, 0.717) is 17.0 Å². The van der Waals surface area contributed by atoms with E-state index in [0.717, 1.165) is 0 Å². The third-order valence-corrected chi connectivity index (χ3v) is 6.32. The molecule has 6 nitrogen and oxygen atoms in total. The molecule has 3 aromatic rings. The zero-order valence-corrected chi connectivity index (χ0v) is 17.2. The zero-order chi connectivity index (χ0) is 21.6. The summed E-state index contributed by atoms with van der Waals surface area (Å²) in [4.78, 5) is 11.7. The van der Waals surface area contributed by atoms with Crippen molar-refractivity contribution in [1.29, 1.82) is 5.26 Å². The molecule has 3 aromatic carbocycles. The SMILES string of the molecule is CC(=O)c1ccccc1OCCN(c1ccccc1)S(=O)(=O)c1ccccc1C#N. The number of nitriles is 1. The minimum absolute atomic E-state index is 0.00164. The lowest BCUT2D eigenvalue weighted by Gasteiger charge is -2.25. The number of rotatable bonds is 8. The maximum absolute atomic E-state index is 13.4. The Balaban J connectivity index is 1.92. The summed E-state index contributed by atoms with van der Waals surface area (Å²) in [6.45, 7) is 1.47. The summed E-state index contributed by atoms with van der Waals surface area (Å²) in [5.74, 6) is 0.258. The minimum Gasteiger partial charge on any atom is -0.491 e. The molecule has 0 spiro atoms. The quantitative estimate of drug-likeness (QED) is 0.513. The smallest absolute Gasteiger partial charge is 0.265 e. The number of sulfonamides is 1. The lowest BCUT2D eigenvalue weighted by atomic mass is 10.1. The summed E-state index contributed by atoms with van der Waals surface area (Å²) in [5, 5.41) is 9.35. The van der Waals surface area contributed by atoms with Crippen LogP contribution >= 0.6 is 0 Å². The number of anilines is 1. The maximum Gasteiger partial charge on any atom is 0.265 e. The molecule has 0 heterocycles. The molecule has 0 radical (unpaired) electrons. The van der Waals surface area contributed by atoms with Crippen LogP contribution in [0.5, 0.6) is 5.75 Å². The lowest BCUT2D eigenvalue weighted by molar-refractivity contribution is 0.101. The molecule has 0 aliphatic heterocycles. The average Bonchev–Trinajstić information content (AvgIpc) is 2.77. The number of nitrogens with zero attached hydrogens (tertiary/aromatic N) is 2. The molecular weight excluding hydrogens is 400 g/mol. The Bertz CT molecular complexity index is 1190. The molecule has 0 bridgehead atoms. The van der Waals surface area contributed by atoms with Crippen LogP contribution in [0.2, 0.25) is 0 Å². The Kier molecular flexibility index (Phi) is 6.50. The first kappa shape index (κ1) is 21.1. The molecule has 0 aliphatic rings. The molecule has 0 unspecified atom stereocenters. The van der Waals surface area contributed by atoms with Gasteiger partial charge in [0.25, 0.3) is 10.0 Å². The van der Waals surface area contributed by atoms with Crippen molar-refractivity contribution >= 4 is 21.5 Å². The molecule has 0 aromatic heterocycles. The number of hydrogen-bond acceptors (Lipinski definition) is 5. The highest BCUT2D eigenvalue weighted by Gasteiger charge is 2.27.